The van der Waals surface area contributed by atoms with Crippen molar-refractivity contribution >= 4 is 11.6 Å². The standard InChI is InChI=1S/C25H27N5O2/c1-26-25(31)20-7-5-18(6-8-20)21-11-14-23-27-28-24(30(23)17-21)19-9-12-22(13-10-19)32-16-4-15-29(2)3/h5-14,17H,4,15-16H2,1-3H3,(H,26,31). The molecular formula is C25H27N5O2. The van der Waals surface area contributed by atoms with Crippen LogP contribution in [-0.4, -0.2) is 59.7 Å². The fourth-order valence-corrected chi connectivity index (χ4v) is 3.49. The number of nitrogens with zero attached hydrogens (tertiary/aromatic N) is 4. The second-order valence-electron chi connectivity index (χ2n) is 7.86. The van der Waals surface area contributed by atoms with E-state index in [-0.39, 0.29) is 5.91 Å². The lowest BCUT2D eigenvalue weighted by atomic mass is 10.1. The molecule has 0 spiro atoms. The smallest absolute Gasteiger partial charge is 0.251 e. The first kappa shape index (κ1) is 21.5. The van der Waals surface area contributed by atoms with Crippen molar-refractivity contribution in [2.24, 2.45) is 0 Å². The number of pyridine rings is 1. The van der Waals surface area contributed by atoms with E-state index in [1.54, 1.807) is 7.05 Å². The molecule has 0 unspecified atom stereocenters. The molecule has 0 saturated carbocycles. The predicted molar refractivity (Wildman–Crippen MR) is 126 cm³/mol. The number of amides is 1. The summed E-state index contributed by atoms with van der Waals surface area (Å²) in [5, 5.41) is 11.3. The van der Waals surface area contributed by atoms with Crippen LogP contribution in [0.3, 0.4) is 0 Å². The summed E-state index contributed by atoms with van der Waals surface area (Å²) in [6, 6.07) is 19.4. The first-order chi connectivity index (χ1) is 15.5. The Kier molecular flexibility index (Phi) is 6.47. The summed E-state index contributed by atoms with van der Waals surface area (Å²) in [6.45, 7) is 1.69. The Morgan fingerprint density at radius 3 is 2.31 bits per heavy atom. The molecule has 1 amide bonds. The number of ether oxygens (including phenoxy) is 1. The van der Waals surface area contributed by atoms with Crippen LogP contribution in [0.15, 0.2) is 66.9 Å². The molecule has 1 N–H and O–H groups in total. The van der Waals surface area contributed by atoms with Gasteiger partial charge in [-0.1, -0.05) is 12.1 Å². The van der Waals surface area contributed by atoms with Gasteiger partial charge in [0.1, 0.15) is 5.75 Å². The van der Waals surface area contributed by atoms with E-state index in [4.69, 9.17) is 4.74 Å². The van der Waals surface area contributed by atoms with Gasteiger partial charge in [-0.3, -0.25) is 9.20 Å². The van der Waals surface area contributed by atoms with Crippen molar-refractivity contribution in [2.45, 2.75) is 6.42 Å². The molecule has 2 aromatic carbocycles. The average Bonchev–Trinajstić information content (AvgIpc) is 3.25. The van der Waals surface area contributed by atoms with Gasteiger partial charge in [-0.25, -0.2) is 0 Å². The zero-order valence-electron chi connectivity index (χ0n) is 18.6. The van der Waals surface area contributed by atoms with Crippen LogP contribution in [0.5, 0.6) is 5.75 Å². The number of benzene rings is 2. The third-order valence-corrected chi connectivity index (χ3v) is 5.24. The molecule has 4 aromatic rings. The van der Waals surface area contributed by atoms with Gasteiger partial charge in [0.2, 0.25) is 0 Å². The molecule has 7 nitrogen and oxygen atoms in total. The van der Waals surface area contributed by atoms with Gasteiger partial charge in [-0.15, -0.1) is 10.2 Å². The molecule has 0 fully saturated rings. The van der Waals surface area contributed by atoms with Gasteiger partial charge in [0.25, 0.3) is 5.91 Å². The number of rotatable bonds is 8. The van der Waals surface area contributed by atoms with Crippen LogP contribution in [0, 0.1) is 0 Å². The Morgan fingerprint density at radius 1 is 0.938 bits per heavy atom. The van der Waals surface area contributed by atoms with Crippen molar-refractivity contribution in [3.05, 3.63) is 72.4 Å². The molecule has 0 aliphatic carbocycles. The summed E-state index contributed by atoms with van der Waals surface area (Å²) in [5.41, 5.74) is 4.40. The topological polar surface area (TPSA) is 71.8 Å². The quantitative estimate of drug-likeness (QED) is 0.432. The lowest BCUT2D eigenvalue weighted by Gasteiger charge is -2.10. The van der Waals surface area contributed by atoms with E-state index in [0.29, 0.717) is 12.2 Å². The number of carbonyl (C=O) groups is 1. The van der Waals surface area contributed by atoms with Crippen LogP contribution in [0.4, 0.5) is 0 Å². The largest absolute Gasteiger partial charge is 0.494 e. The number of carbonyl (C=O) groups excluding carboxylic acids is 1. The number of aromatic nitrogens is 3. The molecular weight excluding hydrogens is 402 g/mol. The zero-order valence-corrected chi connectivity index (χ0v) is 18.6. The lowest BCUT2D eigenvalue weighted by molar-refractivity contribution is 0.0963. The van der Waals surface area contributed by atoms with Crippen LogP contribution in [0.25, 0.3) is 28.2 Å². The molecule has 0 radical (unpaired) electrons. The van der Waals surface area contributed by atoms with Crippen LogP contribution in [0.1, 0.15) is 16.8 Å². The van der Waals surface area contributed by atoms with Crippen LogP contribution in [-0.2, 0) is 0 Å². The first-order valence-electron chi connectivity index (χ1n) is 10.6. The van der Waals surface area contributed by atoms with E-state index < -0.39 is 0 Å². The highest BCUT2D eigenvalue weighted by molar-refractivity contribution is 5.94. The maximum absolute atomic E-state index is 11.8. The summed E-state index contributed by atoms with van der Waals surface area (Å²) in [5.74, 6) is 1.51. The SMILES string of the molecule is CNC(=O)c1ccc(-c2ccc3nnc(-c4ccc(OCCCN(C)C)cc4)n3c2)cc1. The van der Waals surface area contributed by atoms with Crippen molar-refractivity contribution in [1.29, 1.82) is 0 Å². The minimum Gasteiger partial charge on any atom is -0.494 e. The second-order valence-corrected chi connectivity index (χ2v) is 7.86. The Morgan fingerprint density at radius 2 is 1.62 bits per heavy atom. The fourth-order valence-electron chi connectivity index (χ4n) is 3.49. The van der Waals surface area contributed by atoms with E-state index in [2.05, 4.69) is 34.5 Å². The molecule has 2 heterocycles. The molecule has 7 heteroatoms. The number of nitrogens with one attached hydrogen (secondary N) is 1. The summed E-state index contributed by atoms with van der Waals surface area (Å²) in [6.07, 6.45) is 3.00. The van der Waals surface area contributed by atoms with Crippen molar-refractivity contribution in [3.8, 4) is 28.3 Å². The summed E-state index contributed by atoms with van der Waals surface area (Å²) in [4.78, 5) is 13.9. The minimum atomic E-state index is -0.0989. The molecule has 0 bridgehead atoms. The van der Waals surface area contributed by atoms with E-state index in [0.717, 1.165) is 46.9 Å². The van der Waals surface area contributed by atoms with Crippen LogP contribution < -0.4 is 10.1 Å². The van der Waals surface area contributed by atoms with E-state index in [9.17, 15) is 4.79 Å². The number of fused-ring (bicyclic) bond motifs is 1. The highest BCUT2D eigenvalue weighted by Gasteiger charge is 2.10. The molecule has 164 valence electrons. The van der Waals surface area contributed by atoms with E-state index in [1.165, 1.54) is 0 Å². The Labute approximate surface area is 187 Å². The van der Waals surface area contributed by atoms with Gasteiger partial charge in [0.05, 0.1) is 6.61 Å². The second kappa shape index (κ2) is 9.62. The van der Waals surface area contributed by atoms with Gasteiger partial charge in [0.15, 0.2) is 11.5 Å². The number of hydrogen-bond acceptors (Lipinski definition) is 5. The Hall–Kier alpha value is -3.71. The van der Waals surface area contributed by atoms with Crippen molar-refractivity contribution in [1.82, 2.24) is 24.8 Å². The fraction of sp³-hybridized carbons (Fsp3) is 0.240. The summed E-state index contributed by atoms with van der Waals surface area (Å²) in [7, 11) is 5.74. The van der Waals surface area contributed by atoms with E-state index in [1.807, 2.05) is 71.3 Å². The third-order valence-electron chi connectivity index (χ3n) is 5.24. The van der Waals surface area contributed by atoms with Crippen LogP contribution in [0.2, 0.25) is 0 Å². The third kappa shape index (κ3) is 4.78. The molecule has 0 aliphatic heterocycles. The molecule has 4 rings (SSSR count). The molecule has 32 heavy (non-hydrogen) atoms. The van der Waals surface area contributed by atoms with Crippen molar-refractivity contribution in [3.63, 3.8) is 0 Å². The van der Waals surface area contributed by atoms with Gasteiger partial charge in [-0.05, 0) is 80.2 Å². The molecule has 0 atom stereocenters. The average molecular weight is 430 g/mol. The first-order valence-corrected chi connectivity index (χ1v) is 10.6. The molecule has 2 aromatic heterocycles. The maximum atomic E-state index is 11.8. The maximum Gasteiger partial charge on any atom is 0.251 e. The molecule has 0 saturated heterocycles. The zero-order chi connectivity index (χ0) is 22.5. The highest BCUT2D eigenvalue weighted by Crippen LogP contribution is 2.25. The minimum absolute atomic E-state index is 0.0989. The van der Waals surface area contributed by atoms with Gasteiger partial charge >= 0.3 is 0 Å². The van der Waals surface area contributed by atoms with Crippen molar-refractivity contribution in [2.75, 3.05) is 34.3 Å². The lowest BCUT2D eigenvalue weighted by Crippen LogP contribution is -2.17. The highest BCUT2D eigenvalue weighted by atomic mass is 16.5. The summed E-state index contributed by atoms with van der Waals surface area (Å²) >= 11 is 0. The van der Waals surface area contributed by atoms with E-state index >= 15 is 0 Å². The monoisotopic (exact) mass is 429 g/mol. The van der Waals surface area contributed by atoms with Gasteiger partial charge in [0, 0.05) is 30.9 Å². The van der Waals surface area contributed by atoms with Gasteiger partial charge in [-0.2, -0.15) is 0 Å². The number of hydrogen-bond donors (Lipinski definition) is 1. The Bertz CT molecular complexity index is 1200. The van der Waals surface area contributed by atoms with Gasteiger partial charge < -0.3 is 15.0 Å². The summed E-state index contributed by atoms with van der Waals surface area (Å²) < 4.78 is 7.81. The Balaban J connectivity index is 1.54. The molecule has 0 aliphatic rings. The van der Waals surface area contributed by atoms with Crippen LogP contribution >= 0.6 is 0 Å². The normalized spacial score (nSPS) is 11.1. The predicted octanol–water partition coefficient (Wildman–Crippen LogP) is 3.75. The van der Waals surface area contributed by atoms with Crippen molar-refractivity contribution < 1.29 is 9.53 Å².